The third-order valence-corrected chi connectivity index (χ3v) is 20.0. The number of halogens is 4. The van der Waals surface area contributed by atoms with Crippen LogP contribution < -0.4 is 24.7 Å². The molecule has 0 saturated heterocycles. The number of carbonyl (C=O) groups excluding carboxylic acids is 8. The third-order valence-electron chi connectivity index (χ3n) is 20.0. The lowest BCUT2D eigenvalue weighted by molar-refractivity contribution is -0.203. The summed E-state index contributed by atoms with van der Waals surface area (Å²) in [6, 6.07) is 43.8. The highest BCUT2D eigenvalue weighted by Crippen LogP contribution is 2.58. The maximum absolute atomic E-state index is 13.2. The fourth-order valence-corrected chi connectivity index (χ4v) is 14.8. The van der Waals surface area contributed by atoms with Crippen molar-refractivity contribution < 1.29 is 98.9 Å². The van der Waals surface area contributed by atoms with E-state index < -0.39 is 107 Å². The van der Waals surface area contributed by atoms with Crippen LogP contribution >= 0.6 is 66.4 Å². The van der Waals surface area contributed by atoms with Crippen LogP contribution in [0.25, 0.3) is 0 Å². The SMILES string of the molecule is CC(C)(C)OC(=O)C(Cc1ccccc1)N=C=O.CC(C)(C)OC(=O)C(N)Cc1ccccc1.COc1ccc2c3c1O[C@H]1C[C@@H](OC(=O)C[C@@H](Cc4ccccc4)C(=O)OC(=O)C(F)(F)F)C=C[C@@]31CCN(C)C2.COc1ccc2c3c1O[C@H]1C[C@@H](OC(=O)C[C@@H](Cc4ccccc4)C(=O)OC(C)(C)C)C=C[C@@]31CCN(C)C2.Cl.S.S.S.S. The van der Waals surface area contributed by atoms with Gasteiger partial charge < -0.3 is 62.9 Å². The summed E-state index contributed by atoms with van der Waals surface area (Å²) in [6.07, 6.45) is 5.58. The Morgan fingerprint density at radius 1 is 0.513 bits per heavy atom. The Labute approximate surface area is 729 Å². The first-order valence-electron chi connectivity index (χ1n) is 38.3. The number of alkyl halides is 3. The molecule has 4 aliphatic heterocycles. The van der Waals surface area contributed by atoms with E-state index in [4.69, 9.17) is 48.4 Å². The first-order valence-corrected chi connectivity index (χ1v) is 38.3. The average molecular weight is 1750 g/mol. The van der Waals surface area contributed by atoms with Crippen LogP contribution in [0.4, 0.5) is 13.2 Å². The topological polar surface area (TPSA) is 274 Å². The van der Waals surface area contributed by atoms with Crippen LogP contribution in [0.15, 0.2) is 175 Å². The molecular weight excluding hydrogens is 1630 g/mol. The van der Waals surface area contributed by atoms with Gasteiger partial charge >= 0.3 is 48.0 Å². The smallest absolute Gasteiger partial charge is 0.491 e. The summed E-state index contributed by atoms with van der Waals surface area (Å²) in [6.45, 7) is 19.7. The molecule has 0 radical (unpaired) electrons. The summed E-state index contributed by atoms with van der Waals surface area (Å²) in [7, 11) is 7.44. The van der Waals surface area contributed by atoms with E-state index in [0.29, 0.717) is 49.2 Å². The van der Waals surface area contributed by atoms with Crippen molar-refractivity contribution in [3.8, 4) is 23.0 Å². The van der Waals surface area contributed by atoms with Crippen LogP contribution in [-0.2, 0) is 116 Å². The molecule has 4 heterocycles. The molecule has 22 nitrogen and oxygen atoms in total. The van der Waals surface area contributed by atoms with Gasteiger partial charge in [0.2, 0.25) is 6.08 Å². The lowest BCUT2D eigenvalue weighted by Crippen LogP contribution is -2.44. The Morgan fingerprint density at radius 2 is 0.866 bits per heavy atom. The average Bonchev–Trinajstić information content (AvgIpc) is 1.57. The molecule has 119 heavy (non-hydrogen) atoms. The summed E-state index contributed by atoms with van der Waals surface area (Å²) >= 11 is 0. The van der Waals surface area contributed by atoms with Gasteiger partial charge in [-0.05, 0) is 179 Å². The molecule has 2 unspecified atom stereocenters. The Kier molecular flexibility index (Phi) is 39.0. The molecule has 650 valence electrons. The number of carbonyl (C=O) groups is 7. The lowest BCUT2D eigenvalue weighted by atomic mass is 9.69. The zero-order valence-corrected chi connectivity index (χ0v) is 74.3. The molecule has 0 amide bonds. The number of methoxy groups -OCH3 is 2. The number of hydrogen-bond acceptors (Lipinski definition) is 22. The van der Waals surface area contributed by atoms with Crippen LogP contribution in [-0.4, -0.2) is 159 Å². The fraction of sp³-hybridized carbons (Fsp3) is 0.461. The van der Waals surface area contributed by atoms with Crippen molar-refractivity contribution in [3.05, 3.63) is 214 Å². The zero-order valence-electron chi connectivity index (χ0n) is 69.5. The third kappa shape index (κ3) is 28.7. The maximum Gasteiger partial charge on any atom is 0.491 e. The molecule has 6 aromatic rings. The van der Waals surface area contributed by atoms with Gasteiger partial charge in [-0.1, -0.05) is 146 Å². The predicted molar refractivity (Wildman–Crippen MR) is 467 cm³/mol. The molecule has 12 rings (SSSR count). The van der Waals surface area contributed by atoms with Crippen molar-refractivity contribution in [1.82, 2.24) is 9.80 Å². The molecule has 0 aromatic heterocycles. The summed E-state index contributed by atoms with van der Waals surface area (Å²) in [5, 5.41) is 0. The molecule has 2 N–H and O–H groups in total. The normalized spacial score (nSPS) is 19.9. The Bertz CT molecular complexity index is 4470. The molecule has 10 atom stereocenters. The molecular formula is C89H114ClF3N4O18S4. The quantitative estimate of drug-likeness (QED) is 0.0175. The van der Waals surface area contributed by atoms with E-state index in [2.05, 4.69) is 45.8 Å². The summed E-state index contributed by atoms with van der Waals surface area (Å²) < 4.78 is 94.1. The molecule has 6 aliphatic rings. The number of nitrogens with two attached hydrogens (primary N) is 1. The molecule has 0 bridgehead atoms. The molecule has 0 fully saturated rings. The number of benzene rings is 6. The van der Waals surface area contributed by atoms with Crippen molar-refractivity contribution in [3.63, 3.8) is 0 Å². The number of rotatable bonds is 21. The number of ether oxygens (including phenoxy) is 10. The zero-order chi connectivity index (χ0) is 82.9. The summed E-state index contributed by atoms with van der Waals surface area (Å²) in [4.78, 5) is 105. The van der Waals surface area contributed by atoms with Gasteiger partial charge in [0.05, 0.1) is 49.7 Å². The minimum absolute atomic E-state index is 0. The van der Waals surface area contributed by atoms with Crippen LogP contribution in [0.3, 0.4) is 0 Å². The van der Waals surface area contributed by atoms with Gasteiger partial charge in [-0.15, -0.1) is 12.4 Å². The Hall–Kier alpha value is -8.77. The van der Waals surface area contributed by atoms with E-state index in [9.17, 15) is 51.5 Å². The summed E-state index contributed by atoms with van der Waals surface area (Å²) in [5.41, 5.74) is 11.5. The van der Waals surface area contributed by atoms with E-state index in [1.807, 2.05) is 163 Å². The standard InChI is InChI=1S/C32H39NO6.C30H30F3NO7.C14H17NO3.C13H19NO2.ClH.4H2S/c1-31(2,3)39-30(35)23(17-21-9-7-6-8-10-21)18-27(34)37-24-13-14-32-15-16-33(4)20-22-11-12-25(36-5)29(28(22)32)38-26(32)19-24;1-34-13-12-29-11-10-21(16-23(29)40-26-22(38-2)9-8-19(17-34)25(26)29)39-24(35)15-20(14-18-6-4-3-5-7-18)27(36)41-28(37)30(31,32)33;1-14(2,3)18-13(17)12(15-10-16)9-11-7-5-4-6-8-11;1-13(2,3)16-12(15)11(14)9-10-7-5-4-6-8-10;;;;;/h6-14,23-24,26H,15-20H2,1-5H3;3-11,20-21,23H,12-17H2,1-2H3;4-8,12H,9H2,1-3H3;4-8,11H,9,14H2,1-3H3;1H;4*1H2/t23-,24+,26+,32+;20-,21+,23+,29+;;;;;;;/m11......./s1. The van der Waals surface area contributed by atoms with Crippen LogP contribution in [0.2, 0.25) is 0 Å². The first-order chi connectivity index (χ1) is 53.9. The Morgan fingerprint density at radius 3 is 1.23 bits per heavy atom. The van der Waals surface area contributed by atoms with Crippen molar-refractivity contribution >= 4 is 114 Å². The molecule has 2 aliphatic carbocycles. The van der Waals surface area contributed by atoms with Gasteiger partial charge in [0.25, 0.3) is 0 Å². The highest BCUT2D eigenvalue weighted by Gasteiger charge is 2.55. The number of isocyanates is 1. The van der Waals surface area contributed by atoms with Gasteiger partial charge in [0, 0.05) is 43.5 Å². The highest BCUT2D eigenvalue weighted by atomic mass is 35.5. The van der Waals surface area contributed by atoms with E-state index in [1.165, 1.54) is 17.2 Å². The number of hydrogen-bond donors (Lipinski definition) is 1. The van der Waals surface area contributed by atoms with Crippen LogP contribution in [0.1, 0.15) is 145 Å². The number of aliphatic imine (C=N–C) groups is 1. The summed E-state index contributed by atoms with van der Waals surface area (Å²) in [5.74, 6) is -5.68. The van der Waals surface area contributed by atoms with Crippen LogP contribution in [0, 0.1) is 11.8 Å². The van der Waals surface area contributed by atoms with Crippen molar-refractivity contribution in [2.24, 2.45) is 22.6 Å². The van der Waals surface area contributed by atoms with Crippen LogP contribution in [0.5, 0.6) is 23.0 Å². The molecule has 6 aromatic carbocycles. The monoisotopic (exact) mass is 1750 g/mol. The van der Waals surface area contributed by atoms with Gasteiger partial charge in [-0.2, -0.15) is 72.1 Å². The minimum atomic E-state index is -5.34. The molecule has 0 saturated carbocycles. The van der Waals surface area contributed by atoms with Crippen molar-refractivity contribution in [2.75, 3.05) is 41.4 Å². The lowest BCUT2D eigenvalue weighted by Gasteiger charge is -2.36. The second-order valence-corrected chi connectivity index (χ2v) is 32.5. The minimum Gasteiger partial charge on any atom is -0.493 e. The molecule has 30 heteroatoms. The second-order valence-electron chi connectivity index (χ2n) is 32.5. The fourth-order valence-electron chi connectivity index (χ4n) is 14.8. The highest BCUT2D eigenvalue weighted by molar-refractivity contribution is 7.59. The predicted octanol–water partition coefficient (Wildman–Crippen LogP) is 14.3. The van der Waals surface area contributed by atoms with E-state index in [-0.39, 0.29) is 103 Å². The number of esters is 7. The van der Waals surface area contributed by atoms with E-state index in [1.54, 1.807) is 71.4 Å². The van der Waals surface area contributed by atoms with Crippen molar-refractivity contribution in [2.45, 2.75) is 210 Å². The maximum atomic E-state index is 13.2. The first kappa shape index (κ1) is 103. The van der Waals surface area contributed by atoms with Crippen molar-refractivity contribution in [1.29, 1.82) is 0 Å². The van der Waals surface area contributed by atoms with Gasteiger partial charge in [-0.25, -0.2) is 14.4 Å². The van der Waals surface area contributed by atoms with Gasteiger partial charge in [0.1, 0.15) is 47.3 Å². The molecule has 2 spiro atoms. The largest absolute Gasteiger partial charge is 0.493 e. The van der Waals surface area contributed by atoms with E-state index in [0.717, 1.165) is 78.3 Å². The number of nitrogens with zero attached hydrogens (tertiary/aromatic N) is 3. The van der Waals surface area contributed by atoms with Gasteiger partial charge in [0.15, 0.2) is 29.0 Å². The second kappa shape index (κ2) is 45.2. The van der Waals surface area contributed by atoms with E-state index >= 15 is 0 Å². The van der Waals surface area contributed by atoms with Gasteiger partial charge in [-0.3, -0.25) is 24.0 Å². The Balaban J connectivity index is 0.000000353.